The Bertz CT molecular complexity index is 279. The number of nitrogens with one attached hydrogen (secondary N) is 1. The Hall–Kier alpha value is -0.570. The van der Waals surface area contributed by atoms with Crippen LogP contribution >= 0.6 is 0 Å². The number of unbranched alkanes of at least 4 members (excludes halogenated alkanes) is 5. The van der Waals surface area contributed by atoms with Crippen LogP contribution in [0.4, 0.5) is 0 Å². The summed E-state index contributed by atoms with van der Waals surface area (Å²) in [6.07, 6.45) is 11.6. The Kier molecular flexibility index (Phi) is 14.6. The Labute approximate surface area is 144 Å². The molecule has 0 fully saturated rings. The van der Waals surface area contributed by atoms with E-state index in [2.05, 4.69) is 33.0 Å². The van der Waals surface area contributed by atoms with Gasteiger partial charge in [0, 0.05) is 6.42 Å². The van der Waals surface area contributed by atoms with Crippen molar-refractivity contribution >= 4 is 5.97 Å². The van der Waals surface area contributed by atoms with Crippen molar-refractivity contribution in [2.24, 2.45) is 17.8 Å². The quantitative estimate of drug-likeness (QED) is 0.368. The summed E-state index contributed by atoms with van der Waals surface area (Å²) in [5.74, 6) is 0.948. The van der Waals surface area contributed by atoms with Crippen molar-refractivity contribution in [2.45, 2.75) is 91.9 Å². The molecule has 2 unspecified atom stereocenters. The number of carbonyl (C=O) groups is 1. The fraction of sp³-hybridized carbons (Fsp3) is 0.950. The second-order valence-corrected chi connectivity index (χ2v) is 7.42. The number of carboxylic acids is 1. The third-order valence-corrected chi connectivity index (χ3v) is 5.02. The Morgan fingerprint density at radius 2 is 1.65 bits per heavy atom. The standard InChI is InChI=1S/C20H41NO2/c1-5-7-8-9-10-11-13-21-14-12-19(17(3)4)15-18(6-2)16-20(22)23/h17-19,21H,5-16H2,1-4H3,(H,22,23). The van der Waals surface area contributed by atoms with Gasteiger partial charge >= 0.3 is 5.97 Å². The maximum atomic E-state index is 10.9. The molecule has 0 aliphatic carbocycles. The van der Waals surface area contributed by atoms with Gasteiger partial charge in [0.15, 0.2) is 0 Å². The zero-order chi connectivity index (χ0) is 17.5. The minimum Gasteiger partial charge on any atom is -0.481 e. The number of rotatable bonds is 16. The molecule has 0 rings (SSSR count). The average Bonchev–Trinajstić information content (AvgIpc) is 2.50. The van der Waals surface area contributed by atoms with E-state index in [9.17, 15) is 4.79 Å². The maximum Gasteiger partial charge on any atom is 0.303 e. The van der Waals surface area contributed by atoms with Crippen molar-refractivity contribution < 1.29 is 9.90 Å². The molecule has 0 spiro atoms. The van der Waals surface area contributed by atoms with Gasteiger partial charge < -0.3 is 10.4 Å². The van der Waals surface area contributed by atoms with E-state index in [4.69, 9.17) is 5.11 Å². The van der Waals surface area contributed by atoms with Gasteiger partial charge in [-0.2, -0.15) is 0 Å². The summed E-state index contributed by atoms with van der Waals surface area (Å²) in [7, 11) is 0. The molecule has 2 N–H and O–H groups in total. The SMILES string of the molecule is CCCCCCCCNCCC(CC(CC)CC(=O)O)C(C)C. The van der Waals surface area contributed by atoms with Gasteiger partial charge in [0.2, 0.25) is 0 Å². The summed E-state index contributed by atoms with van der Waals surface area (Å²) < 4.78 is 0. The number of carboxylic acid groups (broad SMARTS) is 1. The molecule has 0 aromatic carbocycles. The molecule has 3 heteroatoms. The predicted octanol–water partition coefficient (Wildman–Crippen LogP) is 5.49. The molecule has 0 aromatic heterocycles. The summed E-state index contributed by atoms with van der Waals surface area (Å²) >= 11 is 0. The van der Waals surface area contributed by atoms with E-state index in [-0.39, 0.29) is 0 Å². The third-order valence-electron chi connectivity index (χ3n) is 5.02. The Morgan fingerprint density at radius 3 is 2.22 bits per heavy atom. The zero-order valence-corrected chi connectivity index (χ0v) is 16.1. The molecule has 0 heterocycles. The summed E-state index contributed by atoms with van der Waals surface area (Å²) in [4.78, 5) is 10.9. The fourth-order valence-electron chi connectivity index (χ4n) is 3.24. The van der Waals surface area contributed by atoms with Gasteiger partial charge in [-0.05, 0) is 50.1 Å². The first-order chi connectivity index (χ1) is 11.0. The minimum absolute atomic E-state index is 0.324. The molecule has 0 saturated heterocycles. The van der Waals surface area contributed by atoms with Crippen LogP contribution in [-0.2, 0) is 4.79 Å². The van der Waals surface area contributed by atoms with E-state index in [1.165, 1.54) is 44.9 Å². The Balaban J connectivity index is 3.81. The third kappa shape index (κ3) is 13.6. The first-order valence-corrected chi connectivity index (χ1v) is 9.93. The first kappa shape index (κ1) is 22.4. The first-order valence-electron chi connectivity index (χ1n) is 9.93. The topological polar surface area (TPSA) is 49.3 Å². The van der Waals surface area contributed by atoms with Gasteiger partial charge in [-0.15, -0.1) is 0 Å². The van der Waals surface area contributed by atoms with Gasteiger partial charge in [0.1, 0.15) is 0 Å². The largest absolute Gasteiger partial charge is 0.481 e. The van der Waals surface area contributed by atoms with Crippen LogP contribution in [0.5, 0.6) is 0 Å². The molecule has 3 nitrogen and oxygen atoms in total. The van der Waals surface area contributed by atoms with Crippen LogP contribution in [0, 0.1) is 17.8 Å². The van der Waals surface area contributed by atoms with Crippen LogP contribution in [0.3, 0.4) is 0 Å². The number of aliphatic carboxylic acids is 1. The molecule has 0 bridgehead atoms. The van der Waals surface area contributed by atoms with E-state index in [0.29, 0.717) is 24.2 Å². The predicted molar refractivity (Wildman–Crippen MR) is 99.8 cm³/mol. The van der Waals surface area contributed by atoms with Crippen LogP contribution in [0.1, 0.15) is 91.9 Å². The monoisotopic (exact) mass is 327 g/mol. The molecule has 0 aliphatic rings. The highest BCUT2D eigenvalue weighted by molar-refractivity contribution is 5.66. The van der Waals surface area contributed by atoms with Crippen molar-refractivity contribution in [2.75, 3.05) is 13.1 Å². The van der Waals surface area contributed by atoms with Crippen molar-refractivity contribution in [3.05, 3.63) is 0 Å². The van der Waals surface area contributed by atoms with E-state index in [0.717, 1.165) is 25.9 Å². The molecule has 0 radical (unpaired) electrons. The van der Waals surface area contributed by atoms with Gasteiger partial charge in [0.05, 0.1) is 0 Å². The number of hydrogen-bond donors (Lipinski definition) is 2. The summed E-state index contributed by atoms with van der Waals surface area (Å²) in [5.41, 5.74) is 0. The molecule has 0 saturated carbocycles. The maximum absolute atomic E-state index is 10.9. The van der Waals surface area contributed by atoms with Crippen molar-refractivity contribution in [1.82, 2.24) is 5.32 Å². The van der Waals surface area contributed by atoms with Crippen LogP contribution in [0.25, 0.3) is 0 Å². The molecule has 0 amide bonds. The number of hydrogen-bond acceptors (Lipinski definition) is 2. The highest BCUT2D eigenvalue weighted by Crippen LogP contribution is 2.27. The van der Waals surface area contributed by atoms with Crippen molar-refractivity contribution in [3.63, 3.8) is 0 Å². The molecule has 2 atom stereocenters. The molecule has 138 valence electrons. The average molecular weight is 328 g/mol. The lowest BCUT2D eigenvalue weighted by atomic mass is 9.82. The molecule has 0 aliphatic heterocycles. The molecule has 23 heavy (non-hydrogen) atoms. The van der Waals surface area contributed by atoms with Crippen LogP contribution < -0.4 is 5.32 Å². The van der Waals surface area contributed by atoms with Gasteiger partial charge in [-0.3, -0.25) is 4.79 Å². The minimum atomic E-state index is -0.652. The second kappa shape index (κ2) is 15.0. The highest BCUT2D eigenvalue weighted by Gasteiger charge is 2.20. The molecule has 0 aromatic rings. The molecular weight excluding hydrogens is 286 g/mol. The van der Waals surface area contributed by atoms with E-state index >= 15 is 0 Å². The zero-order valence-electron chi connectivity index (χ0n) is 16.1. The summed E-state index contributed by atoms with van der Waals surface area (Å²) in [5, 5.41) is 12.6. The summed E-state index contributed by atoms with van der Waals surface area (Å²) in [6, 6.07) is 0. The van der Waals surface area contributed by atoms with Crippen LogP contribution in [0.15, 0.2) is 0 Å². The van der Waals surface area contributed by atoms with Gasteiger partial charge in [0.25, 0.3) is 0 Å². The highest BCUT2D eigenvalue weighted by atomic mass is 16.4. The lowest BCUT2D eigenvalue weighted by molar-refractivity contribution is -0.138. The van der Waals surface area contributed by atoms with Crippen molar-refractivity contribution in [3.8, 4) is 0 Å². The van der Waals surface area contributed by atoms with Crippen LogP contribution in [-0.4, -0.2) is 24.2 Å². The van der Waals surface area contributed by atoms with Crippen molar-refractivity contribution in [1.29, 1.82) is 0 Å². The Morgan fingerprint density at radius 1 is 1.00 bits per heavy atom. The second-order valence-electron chi connectivity index (χ2n) is 7.42. The van der Waals surface area contributed by atoms with E-state index in [1.54, 1.807) is 0 Å². The van der Waals surface area contributed by atoms with E-state index < -0.39 is 5.97 Å². The summed E-state index contributed by atoms with van der Waals surface area (Å²) in [6.45, 7) is 11.1. The smallest absolute Gasteiger partial charge is 0.303 e. The lowest BCUT2D eigenvalue weighted by Crippen LogP contribution is -2.23. The van der Waals surface area contributed by atoms with Gasteiger partial charge in [-0.25, -0.2) is 0 Å². The molecular formula is C20H41NO2. The fourth-order valence-corrected chi connectivity index (χ4v) is 3.24. The lowest BCUT2D eigenvalue weighted by Gasteiger charge is -2.25. The van der Waals surface area contributed by atoms with Gasteiger partial charge in [-0.1, -0.05) is 66.2 Å². The normalized spacial score (nSPS) is 14.1. The van der Waals surface area contributed by atoms with Crippen LogP contribution in [0.2, 0.25) is 0 Å². The van der Waals surface area contributed by atoms with E-state index in [1.807, 2.05) is 0 Å².